The molecule has 5 atom stereocenters. The van der Waals surface area contributed by atoms with Gasteiger partial charge in [-0.25, -0.2) is 14.6 Å². The van der Waals surface area contributed by atoms with Crippen LogP contribution in [0.25, 0.3) is 11.4 Å². The van der Waals surface area contributed by atoms with Crippen LogP contribution in [-0.2, 0) is 23.2 Å². The van der Waals surface area contributed by atoms with Crippen molar-refractivity contribution in [1.29, 1.82) is 0 Å². The molecule has 0 aromatic carbocycles. The van der Waals surface area contributed by atoms with Crippen molar-refractivity contribution >= 4 is 5.97 Å². The molecule has 4 heterocycles. The van der Waals surface area contributed by atoms with E-state index < -0.39 is 11.8 Å². The molecule has 0 radical (unpaired) electrons. The molecule has 3 aromatic heterocycles. The lowest BCUT2D eigenvalue weighted by atomic mass is 9.92. The normalized spacial score (nSPS) is 25.6. The maximum atomic E-state index is 14.2. The van der Waals surface area contributed by atoms with E-state index in [2.05, 4.69) is 20.3 Å². The number of halogens is 1. The van der Waals surface area contributed by atoms with E-state index in [1.54, 1.807) is 11.7 Å². The van der Waals surface area contributed by atoms with E-state index in [4.69, 9.17) is 23.9 Å². The number of rotatable bonds is 9. The molecule has 0 unspecified atom stereocenters. The van der Waals surface area contributed by atoms with Crippen LogP contribution in [0, 0.1) is 30.5 Å². The molecular formula is C27H31FN6O6. The van der Waals surface area contributed by atoms with Gasteiger partial charge in [0.05, 0.1) is 42.8 Å². The number of nitrogens with zero attached hydrogens (tertiary/aromatic N) is 6. The fraction of sp³-hybridized carbons (Fsp3) is 0.556. The fourth-order valence-corrected chi connectivity index (χ4v) is 6.05. The molecule has 2 aliphatic carbocycles. The molecule has 3 aromatic rings. The molecule has 12 nitrogen and oxygen atoms in total. The van der Waals surface area contributed by atoms with Gasteiger partial charge in [0.2, 0.25) is 5.82 Å². The lowest BCUT2D eigenvalue weighted by Crippen LogP contribution is -2.21. The van der Waals surface area contributed by atoms with Crippen LogP contribution in [0.5, 0.6) is 17.6 Å². The zero-order valence-corrected chi connectivity index (χ0v) is 22.3. The van der Waals surface area contributed by atoms with E-state index in [-0.39, 0.29) is 42.5 Å². The lowest BCUT2D eigenvalue weighted by Gasteiger charge is -2.18. The van der Waals surface area contributed by atoms with Crippen LogP contribution in [0.2, 0.25) is 0 Å². The Bertz CT molecular complexity index is 1400. The molecule has 212 valence electrons. The maximum absolute atomic E-state index is 14.2. The smallest absolute Gasteiger partial charge is 0.320 e. The van der Waals surface area contributed by atoms with Crippen LogP contribution >= 0.6 is 0 Å². The second kappa shape index (κ2) is 11.0. The summed E-state index contributed by atoms with van der Waals surface area (Å²) in [6.45, 7) is 2.83. The number of fused-ring (bicyclic) bond motifs is 1. The first-order valence-corrected chi connectivity index (χ1v) is 13.5. The molecule has 0 spiro atoms. The van der Waals surface area contributed by atoms with Crippen molar-refractivity contribution in [1.82, 2.24) is 29.9 Å². The Morgan fingerprint density at radius 1 is 1.18 bits per heavy atom. The first-order chi connectivity index (χ1) is 19.4. The van der Waals surface area contributed by atoms with Crippen LogP contribution in [-0.4, -0.2) is 66.4 Å². The number of hydrogen-bond acceptors (Lipinski definition) is 10. The predicted molar refractivity (Wildman–Crippen MR) is 136 cm³/mol. The number of carbonyl (C=O) groups is 1. The summed E-state index contributed by atoms with van der Waals surface area (Å²) in [5.41, 5.74) is 2.44. The van der Waals surface area contributed by atoms with Crippen molar-refractivity contribution in [3.8, 4) is 29.0 Å². The molecule has 2 saturated carbocycles. The third kappa shape index (κ3) is 5.29. The van der Waals surface area contributed by atoms with E-state index in [1.807, 2.05) is 19.1 Å². The molecule has 40 heavy (non-hydrogen) atoms. The van der Waals surface area contributed by atoms with Gasteiger partial charge in [-0.15, -0.1) is 5.10 Å². The molecule has 1 N–H and O–H groups in total. The maximum Gasteiger partial charge on any atom is 0.320 e. The van der Waals surface area contributed by atoms with Gasteiger partial charge in [0, 0.05) is 13.5 Å². The Balaban J connectivity index is 1.12. The summed E-state index contributed by atoms with van der Waals surface area (Å²) >= 11 is 0. The minimum Gasteiger partial charge on any atom is -0.489 e. The summed E-state index contributed by atoms with van der Waals surface area (Å²) in [5.74, 6) is -0.557. The zero-order valence-electron chi connectivity index (χ0n) is 22.3. The SMILES string of the molecule is Cc1nc(-c2nnn(C)c2COc2ncc(F)c(O[C@@H]3CCOC3)n2)ccc1O[C@H]1C[C@@H]2CC[C@H](C(=O)O)[C@@H]2C1. The number of ether oxygens (including phenoxy) is 4. The Hall–Kier alpha value is -3.87. The summed E-state index contributed by atoms with van der Waals surface area (Å²) in [6.07, 6.45) is 4.72. The highest BCUT2D eigenvalue weighted by Crippen LogP contribution is 2.48. The second-order valence-electron chi connectivity index (χ2n) is 10.6. The monoisotopic (exact) mass is 554 g/mol. The largest absolute Gasteiger partial charge is 0.489 e. The molecule has 3 fully saturated rings. The second-order valence-corrected chi connectivity index (χ2v) is 10.6. The third-order valence-corrected chi connectivity index (χ3v) is 8.10. The number of hydrogen-bond donors (Lipinski definition) is 1. The molecule has 13 heteroatoms. The van der Waals surface area contributed by atoms with Crippen molar-refractivity contribution in [2.24, 2.45) is 24.8 Å². The van der Waals surface area contributed by atoms with Gasteiger partial charge in [-0.1, -0.05) is 5.21 Å². The van der Waals surface area contributed by atoms with Crippen LogP contribution < -0.4 is 14.2 Å². The van der Waals surface area contributed by atoms with Crippen molar-refractivity contribution in [3.05, 3.63) is 35.5 Å². The number of aryl methyl sites for hydroxylation is 2. The van der Waals surface area contributed by atoms with Gasteiger partial charge in [0.1, 0.15) is 29.8 Å². The Morgan fingerprint density at radius 2 is 2.05 bits per heavy atom. The highest BCUT2D eigenvalue weighted by atomic mass is 19.1. The summed E-state index contributed by atoms with van der Waals surface area (Å²) in [4.78, 5) is 24.3. The Kier molecular flexibility index (Phi) is 7.22. The van der Waals surface area contributed by atoms with Crippen LogP contribution in [0.1, 0.15) is 43.5 Å². The summed E-state index contributed by atoms with van der Waals surface area (Å²) < 4.78 is 38.7. The minimum absolute atomic E-state index is 0.0187. The highest BCUT2D eigenvalue weighted by Gasteiger charge is 2.47. The average Bonchev–Trinajstić information content (AvgIpc) is 3.71. The molecule has 3 aliphatic rings. The Labute approximate surface area is 229 Å². The summed E-state index contributed by atoms with van der Waals surface area (Å²) in [7, 11) is 1.74. The van der Waals surface area contributed by atoms with Crippen molar-refractivity contribution in [2.45, 2.75) is 57.8 Å². The van der Waals surface area contributed by atoms with Gasteiger partial charge >= 0.3 is 12.0 Å². The van der Waals surface area contributed by atoms with Gasteiger partial charge in [-0.2, -0.15) is 9.37 Å². The van der Waals surface area contributed by atoms with Crippen LogP contribution in [0.4, 0.5) is 4.39 Å². The number of carboxylic acids is 1. The van der Waals surface area contributed by atoms with Gasteiger partial charge < -0.3 is 24.1 Å². The summed E-state index contributed by atoms with van der Waals surface area (Å²) in [6, 6.07) is 3.64. The quantitative estimate of drug-likeness (QED) is 0.417. The van der Waals surface area contributed by atoms with Gasteiger partial charge in [-0.05, 0) is 56.6 Å². The lowest BCUT2D eigenvalue weighted by molar-refractivity contribution is -0.143. The van der Waals surface area contributed by atoms with E-state index in [9.17, 15) is 14.3 Å². The van der Waals surface area contributed by atoms with Gasteiger partial charge in [-0.3, -0.25) is 4.79 Å². The van der Waals surface area contributed by atoms with Crippen molar-refractivity contribution < 1.29 is 33.2 Å². The minimum atomic E-state index is -0.696. The number of aromatic nitrogens is 6. The molecule has 0 amide bonds. The number of carboxylic acid groups (broad SMARTS) is 1. The molecule has 6 rings (SSSR count). The molecule has 1 saturated heterocycles. The summed E-state index contributed by atoms with van der Waals surface area (Å²) in [5, 5.41) is 17.9. The van der Waals surface area contributed by atoms with E-state index in [1.165, 1.54) is 0 Å². The topological polar surface area (TPSA) is 144 Å². The number of pyridine rings is 1. The Morgan fingerprint density at radius 3 is 2.83 bits per heavy atom. The predicted octanol–water partition coefficient (Wildman–Crippen LogP) is 3.13. The molecule has 1 aliphatic heterocycles. The zero-order chi connectivity index (χ0) is 27.8. The van der Waals surface area contributed by atoms with Gasteiger partial charge in [0.25, 0.3) is 5.88 Å². The van der Waals surface area contributed by atoms with Gasteiger partial charge in [0.15, 0.2) is 0 Å². The fourth-order valence-electron chi connectivity index (χ4n) is 6.05. The molecule has 0 bridgehead atoms. The third-order valence-electron chi connectivity index (χ3n) is 8.10. The van der Waals surface area contributed by atoms with E-state index in [0.29, 0.717) is 54.1 Å². The van der Waals surface area contributed by atoms with E-state index in [0.717, 1.165) is 31.9 Å². The number of aliphatic carboxylic acids is 1. The first kappa shape index (κ1) is 26.4. The van der Waals surface area contributed by atoms with Crippen LogP contribution in [0.3, 0.4) is 0 Å². The first-order valence-electron chi connectivity index (χ1n) is 13.5. The van der Waals surface area contributed by atoms with Crippen LogP contribution in [0.15, 0.2) is 18.3 Å². The molecular weight excluding hydrogens is 523 g/mol. The van der Waals surface area contributed by atoms with Crippen molar-refractivity contribution in [2.75, 3.05) is 13.2 Å². The highest BCUT2D eigenvalue weighted by molar-refractivity contribution is 5.71. The van der Waals surface area contributed by atoms with Crippen molar-refractivity contribution in [3.63, 3.8) is 0 Å². The standard InChI is InChI=1S/C27H31FN6O6/c1-14-23(39-17-9-15-3-4-18(26(35)36)19(15)10-17)6-5-21(30-14)24-22(34(2)33-32-24)13-38-27-29-11-20(28)25(31-27)40-16-7-8-37-12-16/h5-6,11,15-19H,3-4,7-10,12-13H2,1-2H3,(H,35,36)/t15-,16+,17-,18-,19+/m0/s1. The average molecular weight is 555 g/mol. The van der Waals surface area contributed by atoms with E-state index >= 15 is 0 Å².